The fourth-order valence-corrected chi connectivity index (χ4v) is 7.33. The van der Waals surface area contributed by atoms with E-state index in [1.807, 2.05) is 12.3 Å². The monoisotopic (exact) mass is 581 g/mol. The van der Waals surface area contributed by atoms with Gasteiger partial charge >= 0.3 is 0 Å². The molecule has 4 aromatic carbocycles. The van der Waals surface area contributed by atoms with E-state index in [-0.39, 0.29) is 0 Å². The van der Waals surface area contributed by atoms with E-state index < -0.39 is 0 Å². The molecule has 1 aliphatic carbocycles. The minimum Gasteiger partial charge on any atom is -0.438 e. The van der Waals surface area contributed by atoms with Gasteiger partial charge in [-0.05, 0) is 80.3 Å². The van der Waals surface area contributed by atoms with Gasteiger partial charge in [-0.25, -0.2) is 4.98 Å². The van der Waals surface area contributed by atoms with E-state index in [0.29, 0.717) is 5.71 Å². The van der Waals surface area contributed by atoms with Crippen molar-refractivity contribution in [1.29, 1.82) is 0 Å². The summed E-state index contributed by atoms with van der Waals surface area (Å²) in [7, 11) is 0. The second kappa shape index (κ2) is 9.96. The van der Waals surface area contributed by atoms with Gasteiger partial charge < -0.3 is 13.6 Å². The Morgan fingerprint density at radius 2 is 1.56 bits per heavy atom. The number of fused-ring (bicyclic) bond motifs is 7. The quantitative estimate of drug-likeness (QED) is 0.207. The van der Waals surface area contributed by atoms with Crippen molar-refractivity contribution in [3.8, 4) is 22.5 Å². The van der Waals surface area contributed by atoms with Crippen molar-refractivity contribution in [3.63, 3.8) is 0 Å². The smallest absolute Gasteiger partial charge is 0.227 e. The molecule has 216 valence electrons. The van der Waals surface area contributed by atoms with Crippen molar-refractivity contribution in [2.24, 2.45) is 0 Å². The fourth-order valence-electron chi connectivity index (χ4n) is 7.33. The molecule has 0 atom stereocenters. The number of hydrogen-bond donors (Lipinski definition) is 0. The standard InChI is InChI=1S/C41H31N3O/c1-3-11-31-26(2)43(37-16-9-7-14-32(31)37)29-19-20-39-34(23-29)33-15-8-10-17-38(33)44(39)30-24-36-35-22-28(27-12-5-4-6-13-27)18-21-40(35)45-41(36)42-25-30/h3-8,10-15,17-25H,9,16H2,1-2H3/b11-3-. The Hall–Kier alpha value is -5.61. The topological polar surface area (TPSA) is 35.9 Å². The van der Waals surface area contributed by atoms with E-state index in [2.05, 4.69) is 138 Å². The lowest BCUT2D eigenvalue weighted by Crippen LogP contribution is -2.04. The van der Waals surface area contributed by atoms with Crippen LogP contribution >= 0.6 is 0 Å². The van der Waals surface area contributed by atoms with Crippen LogP contribution in [-0.2, 0) is 6.42 Å². The van der Waals surface area contributed by atoms with E-state index in [0.717, 1.165) is 51.5 Å². The first kappa shape index (κ1) is 25.8. The largest absolute Gasteiger partial charge is 0.438 e. The van der Waals surface area contributed by atoms with Crippen molar-refractivity contribution >= 4 is 56.0 Å². The van der Waals surface area contributed by atoms with Gasteiger partial charge in [0.2, 0.25) is 5.71 Å². The van der Waals surface area contributed by atoms with Crippen LogP contribution in [0, 0.1) is 6.92 Å². The Morgan fingerprint density at radius 3 is 2.44 bits per heavy atom. The van der Waals surface area contributed by atoms with Crippen molar-refractivity contribution in [2.45, 2.75) is 26.7 Å². The normalized spacial score (nSPS) is 13.2. The van der Waals surface area contributed by atoms with Crippen LogP contribution in [0.15, 0.2) is 120 Å². The first-order valence-electron chi connectivity index (χ1n) is 15.6. The van der Waals surface area contributed by atoms with Gasteiger partial charge in [0.05, 0.1) is 28.3 Å². The molecular weight excluding hydrogens is 550 g/mol. The molecule has 8 aromatic rings. The van der Waals surface area contributed by atoms with E-state index in [9.17, 15) is 0 Å². The van der Waals surface area contributed by atoms with Crippen LogP contribution in [0.25, 0.3) is 78.5 Å². The van der Waals surface area contributed by atoms with Crippen LogP contribution in [0.3, 0.4) is 0 Å². The third-order valence-corrected chi connectivity index (χ3v) is 9.35. The second-order valence-corrected chi connectivity index (χ2v) is 11.9. The predicted octanol–water partition coefficient (Wildman–Crippen LogP) is 10.8. The Morgan fingerprint density at radius 1 is 0.733 bits per heavy atom. The molecule has 0 spiro atoms. The minimum atomic E-state index is 0.654. The molecule has 0 N–H and O–H groups in total. The number of hydrogen-bond acceptors (Lipinski definition) is 2. The average Bonchev–Trinajstić information content (AvgIpc) is 3.71. The highest BCUT2D eigenvalue weighted by Gasteiger charge is 2.21. The number of rotatable bonds is 4. The zero-order valence-electron chi connectivity index (χ0n) is 25.3. The molecule has 0 aliphatic heterocycles. The van der Waals surface area contributed by atoms with Crippen LogP contribution in [0.5, 0.6) is 0 Å². The number of allylic oxidation sites excluding steroid dienone is 2. The Balaban J connectivity index is 1.25. The van der Waals surface area contributed by atoms with Crippen LogP contribution in [0.1, 0.15) is 35.9 Å². The summed E-state index contributed by atoms with van der Waals surface area (Å²) in [5.41, 5.74) is 13.7. The zero-order chi connectivity index (χ0) is 30.1. The third-order valence-electron chi connectivity index (χ3n) is 9.35. The summed E-state index contributed by atoms with van der Waals surface area (Å²) in [5.74, 6) is 0. The molecule has 4 heteroatoms. The van der Waals surface area contributed by atoms with Gasteiger partial charge in [0.25, 0.3) is 0 Å². The molecule has 45 heavy (non-hydrogen) atoms. The Labute approximate surface area is 261 Å². The molecule has 0 saturated heterocycles. The summed E-state index contributed by atoms with van der Waals surface area (Å²) in [4.78, 5) is 4.83. The van der Waals surface area contributed by atoms with Gasteiger partial charge in [-0.2, -0.15) is 0 Å². The highest BCUT2D eigenvalue weighted by Crippen LogP contribution is 2.38. The molecule has 0 fully saturated rings. The molecule has 9 rings (SSSR count). The Bertz CT molecular complexity index is 2500. The van der Waals surface area contributed by atoms with Gasteiger partial charge in [0.15, 0.2) is 0 Å². The summed E-state index contributed by atoms with van der Waals surface area (Å²) in [5, 5.41) is 4.54. The number of furan rings is 1. The first-order valence-corrected chi connectivity index (χ1v) is 15.6. The molecule has 0 bridgehead atoms. The highest BCUT2D eigenvalue weighted by atomic mass is 16.3. The molecule has 4 heterocycles. The van der Waals surface area contributed by atoms with Gasteiger partial charge in [0, 0.05) is 44.4 Å². The fraction of sp³-hybridized carbons (Fsp3) is 0.0976. The van der Waals surface area contributed by atoms with Crippen molar-refractivity contribution < 1.29 is 4.42 Å². The summed E-state index contributed by atoms with van der Waals surface area (Å²) >= 11 is 0. The number of nitrogens with zero attached hydrogens (tertiary/aromatic N) is 3. The van der Waals surface area contributed by atoms with Crippen molar-refractivity contribution in [3.05, 3.63) is 138 Å². The molecule has 1 aliphatic rings. The lowest BCUT2D eigenvalue weighted by atomic mass is 10.0. The number of pyridine rings is 1. The lowest BCUT2D eigenvalue weighted by Gasteiger charge is -2.14. The molecule has 0 radical (unpaired) electrons. The van der Waals surface area contributed by atoms with Crippen molar-refractivity contribution in [1.82, 2.24) is 14.1 Å². The first-order chi connectivity index (χ1) is 22.2. The van der Waals surface area contributed by atoms with E-state index >= 15 is 0 Å². The third kappa shape index (κ3) is 3.89. The summed E-state index contributed by atoms with van der Waals surface area (Å²) < 4.78 is 11.0. The maximum atomic E-state index is 6.20. The lowest BCUT2D eigenvalue weighted by molar-refractivity contribution is 0.654. The van der Waals surface area contributed by atoms with E-state index in [1.165, 1.54) is 44.5 Å². The summed E-state index contributed by atoms with van der Waals surface area (Å²) in [6, 6.07) is 34.7. The average molecular weight is 582 g/mol. The zero-order valence-corrected chi connectivity index (χ0v) is 25.3. The predicted molar refractivity (Wildman–Crippen MR) is 187 cm³/mol. The summed E-state index contributed by atoms with van der Waals surface area (Å²) in [6.07, 6.45) is 13.0. The molecule has 4 aromatic heterocycles. The van der Waals surface area contributed by atoms with Crippen molar-refractivity contribution in [2.75, 3.05) is 0 Å². The maximum Gasteiger partial charge on any atom is 0.227 e. The summed E-state index contributed by atoms with van der Waals surface area (Å²) in [6.45, 7) is 4.34. The molecule has 0 amide bonds. The molecule has 4 nitrogen and oxygen atoms in total. The number of benzene rings is 4. The van der Waals surface area contributed by atoms with Crippen LogP contribution in [0.4, 0.5) is 0 Å². The van der Waals surface area contributed by atoms with Crippen LogP contribution < -0.4 is 0 Å². The molecular formula is C41H31N3O. The minimum absolute atomic E-state index is 0.654. The number of aromatic nitrogens is 3. The van der Waals surface area contributed by atoms with Gasteiger partial charge in [-0.1, -0.05) is 78.9 Å². The second-order valence-electron chi connectivity index (χ2n) is 11.9. The number of para-hydroxylation sites is 1. The molecule has 0 unspecified atom stereocenters. The maximum absolute atomic E-state index is 6.20. The van der Waals surface area contributed by atoms with Crippen LogP contribution in [0.2, 0.25) is 0 Å². The van der Waals surface area contributed by atoms with Gasteiger partial charge in [-0.3, -0.25) is 0 Å². The SMILES string of the molecule is C/C=C\c1c2c(n(-c3ccc4c(c3)c3ccccc3n4-c3cnc4oc5ccc(-c6ccccc6)cc5c4c3)c1C)CCC=C2. The van der Waals surface area contributed by atoms with Crippen LogP contribution in [-0.4, -0.2) is 14.1 Å². The highest BCUT2D eigenvalue weighted by molar-refractivity contribution is 6.11. The van der Waals surface area contributed by atoms with Gasteiger partial charge in [0.1, 0.15) is 5.58 Å². The Kier molecular flexibility index (Phi) is 5.72. The van der Waals surface area contributed by atoms with Gasteiger partial charge in [-0.15, -0.1) is 0 Å². The van der Waals surface area contributed by atoms with E-state index in [1.54, 1.807) is 0 Å². The van der Waals surface area contributed by atoms with E-state index in [4.69, 9.17) is 9.40 Å². The molecule has 0 saturated carbocycles.